The van der Waals surface area contributed by atoms with E-state index in [0.717, 1.165) is 5.56 Å². The van der Waals surface area contributed by atoms with Crippen LogP contribution in [0.5, 0.6) is 0 Å². The van der Waals surface area contributed by atoms with Crippen molar-refractivity contribution in [2.75, 3.05) is 25.5 Å². The average molecular weight is 330 g/mol. The summed E-state index contributed by atoms with van der Waals surface area (Å²) in [5.41, 5.74) is 1.93. The van der Waals surface area contributed by atoms with Crippen LogP contribution < -0.4 is 5.32 Å². The number of amides is 2. The number of anilines is 1. The molecule has 1 N–H and O–H groups in total. The number of carbonyl (C=O) groups is 2. The van der Waals surface area contributed by atoms with Gasteiger partial charge in [-0.05, 0) is 43.7 Å². The summed E-state index contributed by atoms with van der Waals surface area (Å²) in [6.07, 6.45) is 3.57. The Balaban J connectivity index is 2.00. The number of nitrogens with one attached hydrogen (secondary N) is 1. The molecule has 0 unspecified atom stereocenters. The fourth-order valence-electron chi connectivity index (χ4n) is 2.30. The number of nitrogens with zero attached hydrogens (tertiary/aromatic N) is 3. The monoisotopic (exact) mass is 330 g/mol. The maximum Gasteiger partial charge on any atom is 0.337 e. The van der Waals surface area contributed by atoms with E-state index in [0.29, 0.717) is 30.9 Å². The lowest BCUT2D eigenvalue weighted by Gasteiger charge is -2.22. The molecule has 2 aromatic rings. The first kappa shape index (κ1) is 17.5. The first-order valence-electron chi connectivity index (χ1n) is 7.77. The molecule has 1 aromatic carbocycles. The molecule has 0 aliphatic rings. The maximum absolute atomic E-state index is 12.4. The second kappa shape index (κ2) is 8.14. The van der Waals surface area contributed by atoms with Gasteiger partial charge in [0, 0.05) is 31.2 Å². The molecule has 0 aliphatic carbocycles. The smallest absolute Gasteiger partial charge is 0.337 e. The summed E-state index contributed by atoms with van der Waals surface area (Å²) < 4.78 is 6.48. The largest absolute Gasteiger partial charge is 0.465 e. The zero-order valence-corrected chi connectivity index (χ0v) is 14.2. The molecule has 0 fully saturated rings. The molecular weight excluding hydrogens is 308 g/mol. The number of rotatable bonds is 6. The van der Waals surface area contributed by atoms with Crippen LogP contribution in [0, 0.1) is 6.92 Å². The lowest BCUT2D eigenvalue weighted by atomic mass is 10.1. The Morgan fingerprint density at radius 3 is 2.75 bits per heavy atom. The molecule has 0 radical (unpaired) electrons. The van der Waals surface area contributed by atoms with Gasteiger partial charge in [-0.2, -0.15) is 5.10 Å². The summed E-state index contributed by atoms with van der Waals surface area (Å²) in [4.78, 5) is 25.7. The van der Waals surface area contributed by atoms with Crippen molar-refractivity contribution in [1.82, 2.24) is 14.7 Å². The van der Waals surface area contributed by atoms with Crippen LogP contribution >= 0.6 is 0 Å². The Kier molecular flexibility index (Phi) is 5.95. The van der Waals surface area contributed by atoms with Gasteiger partial charge in [0.1, 0.15) is 0 Å². The number of likely N-dealkylation sites (N-methyl/N-ethyl adjacent to an activating group) is 1. The van der Waals surface area contributed by atoms with E-state index in [1.54, 1.807) is 34.0 Å². The highest BCUT2D eigenvalue weighted by Crippen LogP contribution is 2.17. The Hall–Kier alpha value is -2.83. The summed E-state index contributed by atoms with van der Waals surface area (Å²) in [5.74, 6) is -0.398. The molecule has 7 nitrogen and oxygen atoms in total. The SMILES string of the molecule is CCN(CCn1cccn1)C(=O)Nc1ccc(C(=O)OC)cc1C. The number of aryl methyl sites for hydroxylation is 1. The summed E-state index contributed by atoms with van der Waals surface area (Å²) in [7, 11) is 1.34. The van der Waals surface area contributed by atoms with Gasteiger partial charge in [-0.25, -0.2) is 9.59 Å². The molecule has 2 amide bonds. The summed E-state index contributed by atoms with van der Waals surface area (Å²) in [6, 6.07) is 6.71. The minimum Gasteiger partial charge on any atom is -0.465 e. The van der Waals surface area contributed by atoms with Gasteiger partial charge in [-0.3, -0.25) is 4.68 Å². The van der Waals surface area contributed by atoms with Gasteiger partial charge < -0.3 is 15.0 Å². The van der Waals surface area contributed by atoms with E-state index in [1.165, 1.54) is 7.11 Å². The third-order valence-corrected chi connectivity index (χ3v) is 3.72. The highest BCUT2D eigenvalue weighted by molar-refractivity contribution is 5.93. The molecule has 0 atom stereocenters. The number of hydrogen-bond acceptors (Lipinski definition) is 4. The number of methoxy groups -OCH3 is 1. The molecule has 1 heterocycles. The van der Waals surface area contributed by atoms with E-state index in [-0.39, 0.29) is 6.03 Å². The molecule has 2 rings (SSSR count). The molecule has 24 heavy (non-hydrogen) atoms. The van der Waals surface area contributed by atoms with Crippen LogP contribution in [0.25, 0.3) is 0 Å². The minimum absolute atomic E-state index is 0.182. The van der Waals surface area contributed by atoms with Gasteiger partial charge >= 0.3 is 12.0 Å². The van der Waals surface area contributed by atoms with Crippen LogP contribution in [0.2, 0.25) is 0 Å². The Morgan fingerprint density at radius 2 is 2.17 bits per heavy atom. The highest BCUT2D eigenvalue weighted by Gasteiger charge is 2.14. The number of esters is 1. The van der Waals surface area contributed by atoms with E-state index in [9.17, 15) is 9.59 Å². The van der Waals surface area contributed by atoms with Crippen molar-refractivity contribution in [2.45, 2.75) is 20.4 Å². The number of aromatic nitrogens is 2. The quantitative estimate of drug-likeness (QED) is 0.826. The van der Waals surface area contributed by atoms with E-state index in [4.69, 9.17) is 4.74 Å². The second-order valence-corrected chi connectivity index (χ2v) is 5.30. The summed E-state index contributed by atoms with van der Waals surface area (Å²) in [5, 5.41) is 7.01. The van der Waals surface area contributed by atoms with E-state index >= 15 is 0 Å². The number of urea groups is 1. The molecule has 0 aliphatic heterocycles. The molecule has 0 spiro atoms. The predicted octanol–water partition coefficient (Wildman–Crippen LogP) is 2.53. The zero-order chi connectivity index (χ0) is 17.5. The van der Waals surface area contributed by atoms with Crippen LogP contribution in [0.15, 0.2) is 36.7 Å². The normalized spacial score (nSPS) is 10.3. The molecule has 128 valence electrons. The first-order chi connectivity index (χ1) is 11.5. The first-order valence-corrected chi connectivity index (χ1v) is 7.77. The summed E-state index contributed by atoms with van der Waals surface area (Å²) >= 11 is 0. The number of carbonyl (C=O) groups excluding carboxylic acids is 2. The van der Waals surface area contributed by atoms with E-state index in [1.807, 2.05) is 26.1 Å². The van der Waals surface area contributed by atoms with Crippen molar-refractivity contribution in [3.05, 3.63) is 47.8 Å². The van der Waals surface area contributed by atoms with Gasteiger partial charge in [0.25, 0.3) is 0 Å². The molecule has 0 saturated heterocycles. The van der Waals surface area contributed by atoms with Gasteiger partial charge in [0.15, 0.2) is 0 Å². The van der Waals surface area contributed by atoms with Gasteiger partial charge in [0.2, 0.25) is 0 Å². The average Bonchev–Trinajstić information content (AvgIpc) is 3.10. The second-order valence-electron chi connectivity index (χ2n) is 5.30. The molecule has 1 aromatic heterocycles. The van der Waals surface area contributed by atoms with Crippen molar-refractivity contribution in [3.8, 4) is 0 Å². The molecule has 7 heteroatoms. The van der Waals surface area contributed by atoms with E-state index < -0.39 is 5.97 Å². The fraction of sp³-hybridized carbons (Fsp3) is 0.353. The van der Waals surface area contributed by atoms with Crippen LogP contribution in [0.1, 0.15) is 22.8 Å². The van der Waals surface area contributed by atoms with Crippen LogP contribution in [-0.2, 0) is 11.3 Å². The number of benzene rings is 1. The van der Waals surface area contributed by atoms with Crippen LogP contribution in [0.3, 0.4) is 0 Å². The van der Waals surface area contributed by atoms with Crippen molar-refractivity contribution < 1.29 is 14.3 Å². The molecule has 0 bridgehead atoms. The third-order valence-electron chi connectivity index (χ3n) is 3.72. The standard InChI is InChI=1S/C17H22N4O3/c1-4-20(10-11-21-9-5-8-18-21)17(23)19-15-7-6-14(12-13(15)2)16(22)24-3/h5-9,12H,4,10-11H2,1-3H3,(H,19,23). The Bertz CT molecular complexity index is 698. The lowest BCUT2D eigenvalue weighted by molar-refractivity contribution is 0.0600. The summed E-state index contributed by atoms with van der Waals surface area (Å²) in [6.45, 7) is 5.54. The van der Waals surface area contributed by atoms with Gasteiger partial charge in [0.05, 0.1) is 19.2 Å². The fourth-order valence-corrected chi connectivity index (χ4v) is 2.30. The minimum atomic E-state index is -0.398. The van der Waals surface area contributed by atoms with Crippen molar-refractivity contribution in [1.29, 1.82) is 0 Å². The van der Waals surface area contributed by atoms with E-state index in [2.05, 4.69) is 10.4 Å². The number of ether oxygens (including phenoxy) is 1. The topological polar surface area (TPSA) is 76.5 Å². The predicted molar refractivity (Wildman–Crippen MR) is 91.0 cm³/mol. The third kappa shape index (κ3) is 4.34. The highest BCUT2D eigenvalue weighted by atomic mass is 16.5. The Labute approximate surface area is 141 Å². The molecule has 0 saturated carbocycles. The molecular formula is C17H22N4O3. The van der Waals surface area contributed by atoms with Crippen LogP contribution in [-0.4, -0.2) is 46.9 Å². The zero-order valence-electron chi connectivity index (χ0n) is 14.2. The van der Waals surface area contributed by atoms with Crippen LogP contribution in [0.4, 0.5) is 10.5 Å². The number of hydrogen-bond donors (Lipinski definition) is 1. The maximum atomic E-state index is 12.4. The van der Waals surface area contributed by atoms with Crippen molar-refractivity contribution >= 4 is 17.7 Å². The van der Waals surface area contributed by atoms with Gasteiger partial charge in [-0.15, -0.1) is 0 Å². The lowest BCUT2D eigenvalue weighted by Crippen LogP contribution is -2.37. The van der Waals surface area contributed by atoms with Gasteiger partial charge in [-0.1, -0.05) is 0 Å². The van der Waals surface area contributed by atoms with Crippen molar-refractivity contribution in [3.63, 3.8) is 0 Å². The van der Waals surface area contributed by atoms with Crippen molar-refractivity contribution in [2.24, 2.45) is 0 Å². The Morgan fingerprint density at radius 1 is 1.38 bits per heavy atom.